The molecule has 21 heavy (non-hydrogen) atoms. The van der Waals surface area contributed by atoms with Gasteiger partial charge in [-0.05, 0) is 36.2 Å². The number of hydrogen-bond acceptors (Lipinski definition) is 4. The summed E-state index contributed by atoms with van der Waals surface area (Å²) in [5.74, 6) is 0.650. The molecule has 0 spiro atoms. The van der Waals surface area contributed by atoms with Crippen molar-refractivity contribution in [2.24, 2.45) is 0 Å². The topological polar surface area (TPSA) is 45.6 Å². The van der Waals surface area contributed by atoms with Crippen molar-refractivity contribution in [2.45, 2.75) is 18.6 Å². The summed E-state index contributed by atoms with van der Waals surface area (Å²) in [7, 11) is 1.61. The third kappa shape index (κ3) is 2.69. The first-order valence-corrected chi connectivity index (χ1v) is 6.88. The van der Waals surface area contributed by atoms with Crippen LogP contribution in [0.25, 0.3) is 0 Å². The van der Waals surface area contributed by atoms with Crippen LogP contribution in [0.1, 0.15) is 18.0 Å². The van der Waals surface area contributed by atoms with E-state index in [0.29, 0.717) is 13.0 Å². The van der Waals surface area contributed by atoms with Gasteiger partial charge in [0.1, 0.15) is 5.75 Å². The molecule has 0 radical (unpaired) electrons. The van der Waals surface area contributed by atoms with Crippen LogP contribution in [0.5, 0.6) is 5.75 Å². The molecule has 1 aliphatic rings. The number of β-amino-alcohol motifs (C(OH)–C–C–N with tert-alkyl or cyclic N) is 1. The van der Waals surface area contributed by atoms with Crippen LogP contribution in [0.3, 0.4) is 0 Å². The normalized spacial score (nSPS) is 21.6. The highest BCUT2D eigenvalue weighted by Crippen LogP contribution is 2.37. The molecule has 1 N–H and O–H groups in total. The fourth-order valence-corrected chi connectivity index (χ4v) is 2.80. The smallest absolute Gasteiger partial charge is 0.165 e. The first kappa shape index (κ1) is 13.8. The van der Waals surface area contributed by atoms with Crippen molar-refractivity contribution in [2.75, 3.05) is 18.6 Å². The van der Waals surface area contributed by atoms with Crippen LogP contribution >= 0.6 is 0 Å². The highest BCUT2D eigenvalue weighted by Gasteiger charge is 2.34. The second kappa shape index (κ2) is 5.69. The van der Waals surface area contributed by atoms with E-state index in [0.717, 1.165) is 11.3 Å². The quantitative estimate of drug-likeness (QED) is 0.942. The van der Waals surface area contributed by atoms with Gasteiger partial charge in [-0.2, -0.15) is 0 Å². The Balaban J connectivity index is 1.97. The lowest BCUT2D eigenvalue weighted by Crippen LogP contribution is -2.26. The van der Waals surface area contributed by atoms with Crippen LogP contribution in [0.15, 0.2) is 42.6 Å². The van der Waals surface area contributed by atoms with E-state index in [-0.39, 0.29) is 17.7 Å². The molecule has 0 bridgehead atoms. The molecule has 110 valence electrons. The molecule has 2 heterocycles. The van der Waals surface area contributed by atoms with Crippen molar-refractivity contribution < 1.29 is 14.2 Å². The first-order chi connectivity index (χ1) is 10.2. The van der Waals surface area contributed by atoms with Gasteiger partial charge in [-0.15, -0.1) is 0 Å². The van der Waals surface area contributed by atoms with Gasteiger partial charge in [0.2, 0.25) is 0 Å². The zero-order chi connectivity index (χ0) is 14.8. The van der Waals surface area contributed by atoms with Gasteiger partial charge in [-0.1, -0.05) is 12.1 Å². The molecule has 5 heteroatoms. The lowest BCUT2D eigenvalue weighted by Gasteiger charge is -2.26. The molecule has 4 nitrogen and oxygen atoms in total. The van der Waals surface area contributed by atoms with E-state index in [1.54, 1.807) is 19.4 Å². The molecule has 2 atom stereocenters. The number of halogens is 1. The van der Waals surface area contributed by atoms with Crippen molar-refractivity contribution in [3.8, 4) is 5.75 Å². The Kier molecular flexibility index (Phi) is 3.75. The Morgan fingerprint density at radius 2 is 2.19 bits per heavy atom. The lowest BCUT2D eigenvalue weighted by molar-refractivity contribution is 0.194. The zero-order valence-electron chi connectivity index (χ0n) is 11.7. The van der Waals surface area contributed by atoms with Crippen molar-refractivity contribution in [3.63, 3.8) is 0 Å². The number of aliphatic hydroxyl groups excluding tert-OH is 1. The summed E-state index contributed by atoms with van der Waals surface area (Å²) in [6.07, 6.45) is 1.61. The fraction of sp³-hybridized carbons (Fsp3) is 0.312. The summed E-state index contributed by atoms with van der Waals surface area (Å²) >= 11 is 0. The molecule has 1 aromatic carbocycles. The highest BCUT2D eigenvalue weighted by molar-refractivity contribution is 5.46. The molecule has 0 saturated carbocycles. The van der Waals surface area contributed by atoms with Crippen molar-refractivity contribution in [1.29, 1.82) is 0 Å². The predicted molar refractivity (Wildman–Crippen MR) is 77.9 cm³/mol. The molecule has 0 aliphatic carbocycles. The largest absolute Gasteiger partial charge is 0.497 e. The van der Waals surface area contributed by atoms with Crippen LogP contribution in [-0.2, 0) is 0 Å². The Morgan fingerprint density at radius 1 is 1.33 bits per heavy atom. The van der Waals surface area contributed by atoms with Gasteiger partial charge in [0.15, 0.2) is 11.6 Å². The van der Waals surface area contributed by atoms with Gasteiger partial charge in [-0.25, -0.2) is 9.37 Å². The third-order valence-electron chi connectivity index (χ3n) is 3.77. The van der Waals surface area contributed by atoms with Gasteiger partial charge in [0.25, 0.3) is 0 Å². The van der Waals surface area contributed by atoms with E-state index in [9.17, 15) is 9.50 Å². The Hall–Kier alpha value is -2.14. The monoisotopic (exact) mass is 288 g/mol. The van der Waals surface area contributed by atoms with Gasteiger partial charge >= 0.3 is 0 Å². The molecule has 1 fully saturated rings. The van der Waals surface area contributed by atoms with Gasteiger partial charge in [0.05, 0.1) is 19.3 Å². The van der Waals surface area contributed by atoms with E-state index >= 15 is 0 Å². The number of ether oxygens (including phenoxy) is 1. The molecule has 0 unspecified atom stereocenters. The fourth-order valence-electron chi connectivity index (χ4n) is 2.80. The van der Waals surface area contributed by atoms with Gasteiger partial charge < -0.3 is 14.7 Å². The van der Waals surface area contributed by atoms with Crippen LogP contribution in [0, 0.1) is 5.82 Å². The number of anilines is 1. The summed E-state index contributed by atoms with van der Waals surface area (Å²) in [6, 6.07) is 10.5. The standard InChI is InChI=1S/C16H17FN2O2/c1-21-13-5-2-4-11(8-13)15-9-12(20)10-19(15)16-14(17)6-3-7-18-16/h2-8,12,15,20H,9-10H2,1H3/t12-,15-/m1/s1. The maximum atomic E-state index is 14.0. The second-order valence-corrected chi connectivity index (χ2v) is 5.14. The minimum absolute atomic E-state index is 0.112. The van der Waals surface area contributed by atoms with Crippen LogP contribution in [-0.4, -0.2) is 29.8 Å². The van der Waals surface area contributed by atoms with Crippen LogP contribution in [0.4, 0.5) is 10.2 Å². The Morgan fingerprint density at radius 3 is 2.95 bits per heavy atom. The summed E-state index contributed by atoms with van der Waals surface area (Å²) in [5.41, 5.74) is 0.982. The SMILES string of the molecule is COc1cccc([C@H]2C[C@@H](O)CN2c2ncccc2F)c1. The molecule has 2 aromatic rings. The number of aromatic nitrogens is 1. The summed E-state index contributed by atoms with van der Waals surface area (Å²) in [6.45, 7) is 0.371. The summed E-state index contributed by atoms with van der Waals surface area (Å²) < 4.78 is 19.2. The van der Waals surface area contributed by atoms with Crippen LogP contribution in [0.2, 0.25) is 0 Å². The molecule has 1 saturated heterocycles. The number of nitrogens with zero attached hydrogens (tertiary/aromatic N) is 2. The number of pyridine rings is 1. The van der Waals surface area contributed by atoms with Crippen molar-refractivity contribution in [3.05, 3.63) is 54.0 Å². The predicted octanol–water partition coefficient (Wildman–Crippen LogP) is 2.54. The second-order valence-electron chi connectivity index (χ2n) is 5.14. The Bertz CT molecular complexity index is 635. The molecule has 1 aliphatic heterocycles. The van der Waals surface area contributed by atoms with Crippen molar-refractivity contribution in [1.82, 2.24) is 4.98 Å². The van der Waals surface area contributed by atoms with E-state index in [1.165, 1.54) is 6.07 Å². The number of aliphatic hydroxyl groups is 1. The summed E-state index contributed by atoms with van der Waals surface area (Å²) in [4.78, 5) is 5.94. The summed E-state index contributed by atoms with van der Waals surface area (Å²) in [5, 5.41) is 9.99. The number of methoxy groups -OCH3 is 1. The van der Waals surface area contributed by atoms with Gasteiger partial charge in [0, 0.05) is 12.7 Å². The maximum Gasteiger partial charge on any atom is 0.165 e. The van der Waals surface area contributed by atoms with E-state index < -0.39 is 6.10 Å². The molecule has 1 aromatic heterocycles. The number of hydrogen-bond donors (Lipinski definition) is 1. The average Bonchev–Trinajstić information content (AvgIpc) is 2.89. The number of benzene rings is 1. The molecular formula is C16H17FN2O2. The van der Waals surface area contributed by atoms with Crippen LogP contribution < -0.4 is 9.64 Å². The van der Waals surface area contributed by atoms with E-state index in [4.69, 9.17) is 4.74 Å². The average molecular weight is 288 g/mol. The lowest BCUT2D eigenvalue weighted by atomic mass is 10.0. The Labute approximate surface area is 122 Å². The minimum Gasteiger partial charge on any atom is -0.497 e. The zero-order valence-corrected chi connectivity index (χ0v) is 11.7. The van der Waals surface area contributed by atoms with E-state index in [2.05, 4.69) is 4.98 Å². The minimum atomic E-state index is -0.498. The van der Waals surface area contributed by atoms with Crippen molar-refractivity contribution >= 4 is 5.82 Å². The highest BCUT2D eigenvalue weighted by atomic mass is 19.1. The molecule has 0 amide bonds. The molecule has 3 rings (SSSR count). The maximum absolute atomic E-state index is 14.0. The van der Waals surface area contributed by atoms with Gasteiger partial charge in [-0.3, -0.25) is 0 Å². The van der Waals surface area contributed by atoms with E-state index in [1.807, 2.05) is 29.2 Å². The third-order valence-corrected chi connectivity index (χ3v) is 3.77. The number of rotatable bonds is 3. The first-order valence-electron chi connectivity index (χ1n) is 6.88. The molecular weight excluding hydrogens is 271 g/mol.